The number of amides is 1. The second-order valence-corrected chi connectivity index (χ2v) is 7.95. The van der Waals surface area contributed by atoms with E-state index in [0.717, 1.165) is 69.4 Å². The Morgan fingerprint density at radius 2 is 1.94 bits per heavy atom. The first-order valence-electron chi connectivity index (χ1n) is 11.1. The molecule has 2 aromatic rings. The van der Waals surface area contributed by atoms with Crippen LogP contribution in [0, 0.1) is 5.92 Å². The first kappa shape index (κ1) is 26.3. The number of nitrogens with zero attached hydrogens (tertiary/aromatic N) is 2. The minimum absolute atomic E-state index is 0.120. The Labute approximate surface area is 192 Å². The zero-order chi connectivity index (χ0) is 24.3. The van der Waals surface area contributed by atoms with Crippen molar-refractivity contribution in [3.63, 3.8) is 0 Å². The molecule has 1 amide bonds. The van der Waals surface area contributed by atoms with Crippen molar-refractivity contribution in [1.29, 1.82) is 0 Å². The zero-order valence-electron chi connectivity index (χ0n) is 18.8. The number of anilines is 1. The second kappa shape index (κ2) is 12.9. The van der Waals surface area contributed by atoms with E-state index < -0.39 is 11.9 Å². The van der Waals surface area contributed by atoms with Gasteiger partial charge < -0.3 is 11.1 Å². The molecule has 180 valence electrons. The van der Waals surface area contributed by atoms with Gasteiger partial charge in [0.1, 0.15) is 5.69 Å². The number of hydrogen-bond donors (Lipinski definition) is 2. The summed E-state index contributed by atoms with van der Waals surface area (Å²) in [5, 5.41) is 3.02. The predicted molar refractivity (Wildman–Crippen MR) is 121 cm³/mol. The first-order chi connectivity index (χ1) is 15.8. The number of nitrogen functional groups attached to an aromatic ring is 1. The van der Waals surface area contributed by atoms with Gasteiger partial charge in [0.05, 0.1) is 0 Å². The van der Waals surface area contributed by atoms with E-state index in [1.165, 1.54) is 12.1 Å². The number of aldehydes is 1. The van der Waals surface area contributed by atoms with E-state index in [1.54, 1.807) is 6.07 Å². The molecule has 1 aromatic carbocycles. The van der Waals surface area contributed by atoms with Crippen LogP contribution in [0.4, 0.5) is 18.9 Å². The quantitative estimate of drug-likeness (QED) is 0.362. The number of rotatable bonds is 7. The van der Waals surface area contributed by atoms with Crippen LogP contribution < -0.4 is 11.1 Å². The van der Waals surface area contributed by atoms with Gasteiger partial charge in [0.25, 0.3) is 0 Å². The summed E-state index contributed by atoms with van der Waals surface area (Å²) in [5.41, 5.74) is 7.09. The molecule has 0 aliphatic carbocycles. The van der Waals surface area contributed by atoms with Gasteiger partial charge >= 0.3 is 6.18 Å². The number of unbranched alkanes of at least 4 members (excludes halogenated alkanes) is 1. The van der Waals surface area contributed by atoms with Crippen molar-refractivity contribution in [2.75, 3.05) is 25.4 Å². The fourth-order valence-electron chi connectivity index (χ4n) is 3.57. The van der Waals surface area contributed by atoms with Gasteiger partial charge in [-0.25, -0.2) is 0 Å². The predicted octanol–water partition coefficient (Wildman–Crippen LogP) is 4.31. The number of nitrogens with one attached hydrogen (secondary N) is 1. The third kappa shape index (κ3) is 8.49. The number of nitrogens with two attached hydrogens (primary N) is 1. The van der Waals surface area contributed by atoms with Gasteiger partial charge in [0, 0.05) is 36.5 Å². The Kier molecular flexibility index (Phi) is 10.3. The molecule has 6 nitrogen and oxygen atoms in total. The van der Waals surface area contributed by atoms with Crippen LogP contribution in [0.3, 0.4) is 0 Å². The van der Waals surface area contributed by atoms with Crippen molar-refractivity contribution >= 4 is 17.9 Å². The fraction of sp³-hybridized carbons (Fsp3) is 0.458. The highest BCUT2D eigenvalue weighted by molar-refractivity contribution is 5.85. The van der Waals surface area contributed by atoms with Crippen LogP contribution in [0.25, 0.3) is 0 Å². The van der Waals surface area contributed by atoms with Crippen molar-refractivity contribution in [1.82, 2.24) is 15.2 Å². The average molecular weight is 465 g/mol. The lowest BCUT2D eigenvalue weighted by Gasteiger charge is -2.31. The van der Waals surface area contributed by atoms with Gasteiger partial charge in [-0.1, -0.05) is 31.5 Å². The molecule has 2 heterocycles. The molecular formula is C24H31F3N4O2. The smallest absolute Gasteiger partial charge is 0.398 e. The van der Waals surface area contributed by atoms with Gasteiger partial charge in [-0.3, -0.25) is 19.5 Å². The SMILES string of the molecule is CCCCNC(=O)C1CCN(Cc2cccc(N)c2C=O)CC1.FC(F)(F)c1ccccn1. The summed E-state index contributed by atoms with van der Waals surface area (Å²) in [6, 6.07) is 9.25. The molecule has 0 atom stereocenters. The van der Waals surface area contributed by atoms with E-state index in [4.69, 9.17) is 5.73 Å². The average Bonchev–Trinajstić information content (AvgIpc) is 2.80. The molecule has 0 spiro atoms. The first-order valence-corrected chi connectivity index (χ1v) is 11.1. The lowest BCUT2D eigenvalue weighted by molar-refractivity contribution is -0.141. The van der Waals surface area contributed by atoms with Gasteiger partial charge in [0.15, 0.2) is 6.29 Å². The number of likely N-dealkylation sites (tertiary alicyclic amines) is 1. The number of aromatic nitrogens is 1. The summed E-state index contributed by atoms with van der Waals surface area (Å²) in [6.07, 6.45) is 1.50. The number of piperidine rings is 1. The van der Waals surface area contributed by atoms with Crippen LogP contribution in [-0.4, -0.2) is 41.7 Å². The van der Waals surface area contributed by atoms with E-state index in [-0.39, 0.29) is 11.8 Å². The van der Waals surface area contributed by atoms with Crippen LogP contribution in [0.5, 0.6) is 0 Å². The molecule has 1 aliphatic rings. The summed E-state index contributed by atoms with van der Waals surface area (Å²) in [6.45, 7) is 5.36. The van der Waals surface area contributed by atoms with Crippen molar-refractivity contribution in [3.8, 4) is 0 Å². The molecule has 3 N–H and O–H groups in total. The number of benzene rings is 1. The summed E-state index contributed by atoms with van der Waals surface area (Å²) in [5.74, 6) is 0.310. The van der Waals surface area contributed by atoms with Crippen molar-refractivity contribution in [2.24, 2.45) is 5.92 Å². The Morgan fingerprint density at radius 3 is 2.48 bits per heavy atom. The number of carbonyl (C=O) groups is 2. The number of pyridine rings is 1. The number of alkyl halides is 3. The molecule has 33 heavy (non-hydrogen) atoms. The third-order valence-electron chi connectivity index (χ3n) is 5.49. The highest BCUT2D eigenvalue weighted by Crippen LogP contribution is 2.26. The molecule has 3 rings (SSSR count). The molecular weight excluding hydrogens is 433 g/mol. The number of halogens is 3. The molecule has 0 saturated carbocycles. The van der Waals surface area contributed by atoms with E-state index in [1.807, 2.05) is 12.1 Å². The normalized spacial score (nSPS) is 14.8. The van der Waals surface area contributed by atoms with Crippen molar-refractivity contribution < 1.29 is 22.8 Å². The zero-order valence-corrected chi connectivity index (χ0v) is 18.8. The molecule has 9 heteroatoms. The molecule has 0 bridgehead atoms. The highest BCUT2D eigenvalue weighted by atomic mass is 19.4. The lowest BCUT2D eigenvalue weighted by Crippen LogP contribution is -2.40. The second-order valence-electron chi connectivity index (χ2n) is 7.95. The highest BCUT2D eigenvalue weighted by Gasteiger charge is 2.31. The minimum atomic E-state index is -4.32. The van der Waals surface area contributed by atoms with E-state index in [9.17, 15) is 22.8 Å². The maximum Gasteiger partial charge on any atom is 0.433 e. The van der Waals surface area contributed by atoms with Gasteiger partial charge in [0.2, 0.25) is 5.91 Å². The van der Waals surface area contributed by atoms with Crippen molar-refractivity contribution in [2.45, 2.75) is 45.3 Å². The van der Waals surface area contributed by atoms with Gasteiger partial charge in [-0.2, -0.15) is 13.2 Å². The van der Waals surface area contributed by atoms with Crippen molar-refractivity contribution in [3.05, 3.63) is 59.4 Å². The number of carbonyl (C=O) groups excluding carboxylic acids is 2. The van der Waals surface area contributed by atoms with Crippen LogP contribution >= 0.6 is 0 Å². The molecule has 0 unspecified atom stereocenters. The monoisotopic (exact) mass is 464 g/mol. The largest absolute Gasteiger partial charge is 0.433 e. The Bertz CT molecular complexity index is 883. The van der Waals surface area contributed by atoms with Crippen LogP contribution in [-0.2, 0) is 17.5 Å². The topological polar surface area (TPSA) is 88.3 Å². The molecule has 1 aromatic heterocycles. The third-order valence-corrected chi connectivity index (χ3v) is 5.49. The molecule has 1 saturated heterocycles. The summed E-state index contributed by atoms with van der Waals surface area (Å²) >= 11 is 0. The fourth-order valence-corrected chi connectivity index (χ4v) is 3.57. The van der Waals surface area contributed by atoms with Gasteiger partial charge in [-0.15, -0.1) is 0 Å². The summed E-state index contributed by atoms with van der Waals surface area (Å²) in [4.78, 5) is 28.7. The van der Waals surface area contributed by atoms with Crippen LogP contribution in [0.15, 0.2) is 42.6 Å². The van der Waals surface area contributed by atoms with Crippen LogP contribution in [0.1, 0.15) is 54.2 Å². The van der Waals surface area contributed by atoms with E-state index >= 15 is 0 Å². The Hall–Kier alpha value is -2.94. The standard InChI is InChI=1S/C18H27N3O2.C6H4F3N/c1-2-3-9-20-18(23)14-7-10-21(11-8-14)12-15-5-4-6-17(19)16(15)13-22;7-6(8,9)5-3-1-2-4-10-5/h4-6,13-14H,2-3,7-12,19H2,1H3,(H,20,23);1-4H. The Balaban J connectivity index is 0.000000321. The maximum absolute atomic E-state index is 12.1. The van der Waals surface area contributed by atoms with Gasteiger partial charge in [-0.05, 0) is 56.1 Å². The summed E-state index contributed by atoms with van der Waals surface area (Å²) in [7, 11) is 0. The van der Waals surface area contributed by atoms with Crippen LogP contribution in [0.2, 0.25) is 0 Å². The van der Waals surface area contributed by atoms with E-state index in [2.05, 4.69) is 22.1 Å². The Morgan fingerprint density at radius 1 is 1.21 bits per heavy atom. The lowest BCUT2D eigenvalue weighted by atomic mass is 9.95. The molecule has 1 fully saturated rings. The summed E-state index contributed by atoms with van der Waals surface area (Å²) < 4.78 is 35.2. The minimum Gasteiger partial charge on any atom is -0.398 e. The molecule has 1 aliphatic heterocycles. The van der Waals surface area contributed by atoms with E-state index in [0.29, 0.717) is 17.8 Å². The maximum atomic E-state index is 12.1. The molecule has 0 radical (unpaired) electrons. The number of hydrogen-bond acceptors (Lipinski definition) is 5.